The van der Waals surface area contributed by atoms with Crippen LogP contribution in [0.4, 0.5) is 11.4 Å². The highest BCUT2D eigenvalue weighted by molar-refractivity contribution is 5.96. The number of ether oxygens (including phenoxy) is 1. The Labute approximate surface area is 178 Å². The number of hydrogen-bond donors (Lipinski definition) is 1. The van der Waals surface area contributed by atoms with Gasteiger partial charge in [0.15, 0.2) is 0 Å². The third-order valence-electron chi connectivity index (χ3n) is 5.13. The molecule has 1 N–H and O–H groups in total. The van der Waals surface area contributed by atoms with Crippen molar-refractivity contribution in [2.24, 2.45) is 0 Å². The van der Waals surface area contributed by atoms with E-state index in [1.54, 1.807) is 23.1 Å². The van der Waals surface area contributed by atoms with E-state index in [2.05, 4.69) is 15.4 Å². The third-order valence-corrected chi connectivity index (χ3v) is 5.13. The van der Waals surface area contributed by atoms with Crippen molar-refractivity contribution in [1.82, 2.24) is 20.1 Å². The fraction of sp³-hybridized carbons (Fsp3) is 0.286. The predicted molar refractivity (Wildman–Crippen MR) is 113 cm³/mol. The zero-order chi connectivity index (χ0) is 21.6. The van der Waals surface area contributed by atoms with Gasteiger partial charge in [-0.2, -0.15) is 5.10 Å². The van der Waals surface area contributed by atoms with Gasteiger partial charge in [-0.3, -0.25) is 19.6 Å². The Morgan fingerprint density at radius 1 is 1.19 bits per heavy atom. The zero-order valence-electron chi connectivity index (χ0n) is 16.8. The van der Waals surface area contributed by atoms with Crippen LogP contribution in [0.1, 0.15) is 22.0 Å². The molecule has 160 valence electrons. The SMILES string of the molecule is O=C(N[C@@H](Cn1cncn1)c1ccccc1)c1ccc(N2CCOCC2)c([N+](=O)[O-])c1. The molecular weight excluding hydrogens is 400 g/mol. The number of nitro groups is 1. The summed E-state index contributed by atoms with van der Waals surface area (Å²) in [6, 6.07) is 13.7. The van der Waals surface area contributed by atoms with Gasteiger partial charge in [-0.25, -0.2) is 4.98 Å². The summed E-state index contributed by atoms with van der Waals surface area (Å²) in [4.78, 5) is 30.1. The normalized spacial score (nSPS) is 14.8. The van der Waals surface area contributed by atoms with E-state index in [1.807, 2.05) is 35.2 Å². The van der Waals surface area contributed by atoms with Gasteiger partial charge in [-0.1, -0.05) is 30.3 Å². The first-order chi connectivity index (χ1) is 15.1. The summed E-state index contributed by atoms with van der Waals surface area (Å²) in [5.74, 6) is -0.398. The van der Waals surface area contributed by atoms with Gasteiger partial charge in [0, 0.05) is 24.7 Å². The van der Waals surface area contributed by atoms with E-state index in [-0.39, 0.29) is 17.3 Å². The number of hydrogen-bond acceptors (Lipinski definition) is 7. The number of nitro benzene ring substituents is 1. The second kappa shape index (κ2) is 9.35. The number of amides is 1. The van der Waals surface area contributed by atoms with E-state index in [9.17, 15) is 14.9 Å². The molecule has 1 aromatic heterocycles. The predicted octanol–water partition coefficient (Wildman–Crippen LogP) is 2.19. The van der Waals surface area contributed by atoms with Gasteiger partial charge in [0.05, 0.1) is 30.7 Å². The Hall–Kier alpha value is -3.79. The van der Waals surface area contributed by atoms with Crippen LogP contribution in [-0.4, -0.2) is 51.9 Å². The number of carbonyl (C=O) groups is 1. The number of anilines is 1. The van der Waals surface area contributed by atoms with Crippen LogP contribution in [-0.2, 0) is 11.3 Å². The first kappa shape index (κ1) is 20.5. The molecule has 2 heterocycles. The van der Waals surface area contributed by atoms with Crippen molar-refractivity contribution in [2.45, 2.75) is 12.6 Å². The molecule has 1 fully saturated rings. The van der Waals surface area contributed by atoms with Crippen LogP contribution in [0.3, 0.4) is 0 Å². The van der Waals surface area contributed by atoms with Gasteiger partial charge in [-0.15, -0.1) is 0 Å². The minimum Gasteiger partial charge on any atom is -0.378 e. The first-order valence-electron chi connectivity index (χ1n) is 9.91. The third kappa shape index (κ3) is 4.86. The highest BCUT2D eigenvalue weighted by Gasteiger charge is 2.24. The van der Waals surface area contributed by atoms with E-state index in [1.165, 1.54) is 12.4 Å². The molecule has 10 heteroatoms. The van der Waals surface area contributed by atoms with Crippen molar-refractivity contribution in [1.29, 1.82) is 0 Å². The van der Waals surface area contributed by atoms with E-state index >= 15 is 0 Å². The lowest BCUT2D eigenvalue weighted by atomic mass is 10.1. The molecule has 0 aliphatic carbocycles. The molecule has 1 saturated heterocycles. The maximum atomic E-state index is 13.0. The van der Waals surface area contributed by atoms with Gasteiger partial charge in [0.25, 0.3) is 11.6 Å². The molecular formula is C21H22N6O4. The standard InChI is InChI=1S/C21H22N6O4/c28-21(24-18(13-26-15-22-14-23-26)16-4-2-1-3-5-16)17-6-7-19(20(12-17)27(29)30)25-8-10-31-11-9-25/h1-7,12,14-15,18H,8-11,13H2,(H,24,28)/t18-/m0/s1. The van der Waals surface area contributed by atoms with Crippen molar-refractivity contribution in [3.05, 3.63) is 82.4 Å². The van der Waals surface area contributed by atoms with Crippen molar-refractivity contribution in [3.8, 4) is 0 Å². The average molecular weight is 422 g/mol. The largest absolute Gasteiger partial charge is 0.378 e. The van der Waals surface area contributed by atoms with Crippen LogP contribution >= 0.6 is 0 Å². The van der Waals surface area contributed by atoms with Gasteiger partial charge in [-0.05, 0) is 17.7 Å². The molecule has 3 aromatic rings. The lowest BCUT2D eigenvalue weighted by Gasteiger charge is -2.28. The van der Waals surface area contributed by atoms with Crippen LogP contribution in [0, 0.1) is 10.1 Å². The summed E-state index contributed by atoms with van der Waals surface area (Å²) in [7, 11) is 0. The molecule has 1 atom stereocenters. The minimum atomic E-state index is -0.453. The molecule has 31 heavy (non-hydrogen) atoms. The molecule has 0 bridgehead atoms. The molecule has 0 saturated carbocycles. The summed E-state index contributed by atoms with van der Waals surface area (Å²) >= 11 is 0. The van der Waals surface area contributed by atoms with Crippen LogP contribution in [0.25, 0.3) is 0 Å². The van der Waals surface area contributed by atoms with Crippen LogP contribution in [0.15, 0.2) is 61.2 Å². The number of aromatic nitrogens is 3. The summed E-state index contributed by atoms with van der Waals surface area (Å²) in [5, 5.41) is 18.8. The number of nitrogens with one attached hydrogen (secondary N) is 1. The van der Waals surface area contributed by atoms with Crippen LogP contribution in [0.5, 0.6) is 0 Å². The Kier molecular flexibility index (Phi) is 6.18. The van der Waals surface area contributed by atoms with Crippen LogP contribution in [0.2, 0.25) is 0 Å². The van der Waals surface area contributed by atoms with Crippen molar-refractivity contribution < 1.29 is 14.5 Å². The van der Waals surface area contributed by atoms with Gasteiger partial charge < -0.3 is 15.0 Å². The van der Waals surface area contributed by atoms with Crippen LogP contribution < -0.4 is 10.2 Å². The lowest BCUT2D eigenvalue weighted by Crippen LogP contribution is -2.36. The fourth-order valence-corrected chi connectivity index (χ4v) is 3.56. The molecule has 0 unspecified atom stereocenters. The van der Waals surface area contributed by atoms with Crippen molar-refractivity contribution >= 4 is 17.3 Å². The monoisotopic (exact) mass is 422 g/mol. The molecule has 1 aliphatic heterocycles. The summed E-state index contributed by atoms with van der Waals surface area (Å²) in [6.07, 6.45) is 3.00. The van der Waals surface area contributed by atoms with E-state index in [4.69, 9.17) is 4.74 Å². The topological polar surface area (TPSA) is 115 Å². The highest BCUT2D eigenvalue weighted by Crippen LogP contribution is 2.30. The molecule has 0 radical (unpaired) electrons. The molecule has 10 nitrogen and oxygen atoms in total. The van der Waals surface area contributed by atoms with Gasteiger partial charge in [0.1, 0.15) is 18.3 Å². The van der Waals surface area contributed by atoms with E-state index in [0.29, 0.717) is 38.5 Å². The summed E-state index contributed by atoms with van der Waals surface area (Å²) in [6.45, 7) is 2.55. The molecule has 1 aliphatic rings. The number of morpholine rings is 1. The fourth-order valence-electron chi connectivity index (χ4n) is 3.56. The zero-order valence-corrected chi connectivity index (χ0v) is 16.8. The number of rotatable bonds is 7. The Balaban J connectivity index is 1.58. The maximum Gasteiger partial charge on any atom is 0.293 e. The second-order valence-corrected chi connectivity index (χ2v) is 7.11. The number of benzene rings is 2. The molecule has 0 spiro atoms. The van der Waals surface area contributed by atoms with Gasteiger partial charge >= 0.3 is 0 Å². The van der Waals surface area contributed by atoms with Gasteiger partial charge in [0.2, 0.25) is 0 Å². The average Bonchev–Trinajstić information content (AvgIpc) is 3.32. The molecule has 4 rings (SSSR count). The quantitative estimate of drug-likeness (QED) is 0.458. The highest BCUT2D eigenvalue weighted by atomic mass is 16.6. The van der Waals surface area contributed by atoms with Crippen molar-refractivity contribution in [2.75, 3.05) is 31.2 Å². The van der Waals surface area contributed by atoms with E-state index < -0.39 is 10.8 Å². The lowest BCUT2D eigenvalue weighted by molar-refractivity contribution is -0.384. The van der Waals surface area contributed by atoms with Crippen molar-refractivity contribution in [3.63, 3.8) is 0 Å². The summed E-state index contributed by atoms with van der Waals surface area (Å²) < 4.78 is 6.95. The number of carbonyl (C=O) groups excluding carboxylic acids is 1. The smallest absolute Gasteiger partial charge is 0.293 e. The van der Waals surface area contributed by atoms with E-state index in [0.717, 1.165) is 5.56 Å². The molecule has 1 amide bonds. The number of nitrogens with zero attached hydrogens (tertiary/aromatic N) is 5. The Bertz CT molecular complexity index is 1040. The second-order valence-electron chi connectivity index (χ2n) is 7.11. The first-order valence-corrected chi connectivity index (χ1v) is 9.91. The minimum absolute atomic E-state index is 0.0953. The summed E-state index contributed by atoms with van der Waals surface area (Å²) in [5.41, 5.74) is 1.52. The Morgan fingerprint density at radius 2 is 1.97 bits per heavy atom. The Morgan fingerprint density at radius 3 is 2.65 bits per heavy atom. The molecule has 2 aromatic carbocycles. The maximum absolute atomic E-state index is 13.0.